The zero-order chi connectivity index (χ0) is 9.07. The Labute approximate surface area is 92.7 Å². The molecule has 0 spiro atoms. The molecule has 0 saturated carbocycles. The minimum Gasteiger partial charge on any atom is -0.285 e. The van der Waals surface area contributed by atoms with Crippen molar-refractivity contribution in [3.05, 3.63) is 11.4 Å². The fraction of sp³-hybridized carbons (Fsp3) is 0.600. The molecule has 0 saturated heterocycles. The van der Waals surface area contributed by atoms with Gasteiger partial charge in [0, 0.05) is 16.0 Å². The first-order valence-electron chi connectivity index (χ1n) is 2.75. The Hall–Kier alpha value is 1.51. The molecule has 0 bridgehead atoms. The monoisotopic (exact) mass is 342 g/mol. The van der Waals surface area contributed by atoms with Gasteiger partial charge in [0.1, 0.15) is 0 Å². The Morgan fingerprint density at radius 2 is 2.18 bits per heavy atom. The SMILES string of the molecule is C/C(=C/P(=O)(Cl)Cl)C(Br)CBr. The van der Waals surface area contributed by atoms with Crippen molar-refractivity contribution in [2.45, 2.75) is 11.8 Å². The van der Waals surface area contributed by atoms with E-state index >= 15 is 0 Å². The van der Waals surface area contributed by atoms with Gasteiger partial charge in [-0.3, -0.25) is 4.57 Å². The maximum atomic E-state index is 10.9. The first-order chi connectivity index (χ1) is 4.87. The van der Waals surface area contributed by atoms with Crippen molar-refractivity contribution in [2.24, 2.45) is 0 Å². The summed E-state index contributed by atoms with van der Waals surface area (Å²) >= 11 is 17.3. The summed E-state index contributed by atoms with van der Waals surface area (Å²) in [6, 6.07) is 0. The van der Waals surface area contributed by atoms with E-state index in [9.17, 15) is 4.57 Å². The van der Waals surface area contributed by atoms with E-state index in [1.54, 1.807) is 0 Å². The van der Waals surface area contributed by atoms with Gasteiger partial charge in [-0.25, -0.2) is 0 Å². The van der Waals surface area contributed by atoms with Crippen LogP contribution in [-0.4, -0.2) is 10.2 Å². The van der Waals surface area contributed by atoms with Gasteiger partial charge < -0.3 is 0 Å². The predicted molar refractivity (Wildman–Crippen MR) is 59.6 cm³/mol. The summed E-state index contributed by atoms with van der Waals surface area (Å²) in [6.45, 7) is 1.82. The van der Waals surface area contributed by atoms with E-state index in [0.29, 0.717) is 0 Å². The summed E-state index contributed by atoms with van der Waals surface area (Å²) in [4.78, 5) is 0.133. The summed E-state index contributed by atoms with van der Waals surface area (Å²) in [5, 5.41) is 0.739. The molecule has 0 rings (SSSR count). The second-order valence-electron chi connectivity index (χ2n) is 2.00. The van der Waals surface area contributed by atoms with E-state index in [2.05, 4.69) is 31.9 Å². The fourth-order valence-electron chi connectivity index (χ4n) is 0.440. The average Bonchev–Trinajstić information content (AvgIpc) is 1.82. The van der Waals surface area contributed by atoms with E-state index in [-0.39, 0.29) is 4.83 Å². The Bertz CT molecular complexity index is 201. The predicted octanol–water partition coefficient (Wildman–Crippen LogP) is 4.72. The second kappa shape index (κ2) is 5.29. The van der Waals surface area contributed by atoms with Crippen molar-refractivity contribution >= 4 is 60.2 Å². The van der Waals surface area contributed by atoms with Crippen molar-refractivity contribution in [1.82, 2.24) is 0 Å². The number of hydrogen-bond donors (Lipinski definition) is 0. The van der Waals surface area contributed by atoms with E-state index in [1.807, 2.05) is 6.92 Å². The lowest BCUT2D eigenvalue weighted by Gasteiger charge is -2.05. The van der Waals surface area contributed by atoms with E-state index in [1.165, 1.54) is 5.82 Å². The summed E-state index contributed by atoms with van der Waals surface area (Å²) < 4.78 is 10.9. The smallest absolute Gasteiger partial charge is 0.274 e. The quantitative estimate of drug-likeness (QED) is 0.535. The second-order valence-corrected chi connectivity index (χ2v) is 8.55. The van der Waals surface area contributed by atoms with Crippen molar-refractivity contribution in [3.8, 4) is 0 Å². The van der Waals surface area contributed by atoms with Gasteiger partial charge >= 0.3 is 0 Å². The number of hydrogen-bond acceptors (Lipinski definition) is 1. The first-order valence-corrected chi connectivity index (χ1v) is 8.37. The lowest BCUT2D eigenvalue weighted by molar-refractivity contribution is 0.597. The lowest BCUT2D eigenvalue weighted by Crippen LogP contribution is -1.99. The molecule has 0 radical (unpaired) electrons. The third-order valence-corrected chi connectivity index (χ3v) is 4.84. The highest BCUT2D eigenvalue weighted by molar-refractivity contribution is 9.12. The third-order valence-electron chi connectivity index (χ3n) is 0.983. The molecule has 0 heterocycles. The molecule has 0 aliphatic rings. The molecule has 0 N–H and O–H groups in total. The molecule has 0 aromatic carbocycles. The third kappa shape index (κ3) is 6.65. The maximum Gasteiger partial charge on any atom is 0.274 e. The molecule has 66 valence electrons. The molecule has 1 atom stereocenters. The summed E-state index contributed by atoms with van der Waals surface area (Å²) in [7, 11) is 0. The minimum absolute atomic E-state index is 0.133. The Morgan fingerprint density at radius 3 is 2.45 bits per heavy atom. The molecule has 0 aromatic heterocycles. The molecule has 11 heavy (non-hydrogen) atoms. The van der Waals surface area contributed by atoms with Crippen LogP contribution in [0.5, 0.6) is 0 Å². The number of halogens is 4. The Morgan fingerprint density at radius 1 is 1.73 bits per heavy atom. The van der Waals surface area contributed by atoms with Gasteiger partial charge in [-0.2, -0.15) is 0 Å². The van der Waals surface area contributed by atoms with Gasteiger partial charge in [0.25, 0.3) is 5.85 Å². The zero-order valence-corrected chi connectivity index (χ0v) is 11.3. The van der Waals surface area contributed by atoms with Gasteiger partial charge in [0.2, 0.25) is 0 Å². The van der Waals surface area contributed by atoms with Crippen LogP contribution >= 0.6 is 60.2 Å². The molecule has 6 heteroatoms. The summed E-state index contributed by atoms with van der Waals surface area (Å²) in [6.07, 6.45) is 0. The molecule has 0 fully saturated rings. The molecular formula is C5H7Br2Cl2OP. The van der Waals surface area contributed by atoms with Crippen LogP contribution in [-0.2, 0) is 4.57 Å². The van der Waals surface area contributed by atoms with E-state index < -0.39 is 5.85 Å². The zero-order valence-electron chi connectivity index (χ0n) is 5.73. The average molecular weight is 345 g/mol. The molecule has 0 amide bonds. The van der Waals surface area contributed by atoms with Crippen LogP contribution in [0.3, 0.4) is 0 Å². The van der Waals surface area contributed by atoms with Crippen molar-refractivity contribution in [1.29, 1.82) is 0 Å². The van der Waals surface area contributed by atoms with E-state index in [4.69, 9.17) is 22.5 Å². The van der Waals surface area contributed by atoms with Gasteiger partial charge in [-0.05, 0) is 29.4 Å². The number of alkyl halides is 2. The van der Waals surface area contributed by atoms with Crippen LogP contribution in [0, 0.1) is 0 Å². The van der Waals surface area contributed by atoms with Gasteiger partial charge in [0.05, 0.1) is 0 Å². The van der Waals surface area contributed by atoms with E-state index in [0.717, 1.165) is 10.9 Å². The van der Waals surface area contributed by atoms with Crippen LogP contribution in [0.1, 0.15) is 6.92 Å². The first kappa shape index (κ1) is 12.5. The topological polar surface area (TPSA) is 17.1 Å². The van der Waals surface area contributed by atoms with Crippen LogP contribution in [0.4, 0.5) is 0 Å². The molecular weight excluding hydrogens is 338 g/mol. The fourth-order valence-corrected chi connectivity index (χ4v) is 2.86. The molecule has 0 aliphatic carbocycles. The minimum atomic E-state index is -3.06. The van der Waals surface area contributed by atoms with Gasteiger partial charge in [-0.15, -0.1) is 0 Å². The van der Waals surface area contributed by atoms with Gasteiger partial charge in [-0.1, -0.05) is 37.4 Å². The molecule has 1 nitrogen and oxygen atoms in total. The molecule has 0 aliphatic heterocycles. The number of rotatable bonds is 3. The van der Waals surface area contributed by atoms with Crippen molar-refractivity contribution < 1.29 is 4.57 Å². The highest BCUT2D eigenvalue weighted by Crippen LogP contribution is 2.59. The standard InChI is InChI=1S/C5H7Br2Cl2OP/c1-4(5(7)2-6)3-11(8,9)10/h3,5H,2H2,1H3/b4-3-. The lowest BCUT2D eigenvalue weighted by atomic mass is 10.3. The largest absolute Gasteiger partial charge is 0.285 e. The summed E-state index contributed by atoms with van der Waals surface area (Å²) in [5.41, 5.74) is 0.871. The van der Waals surface area contributed by atoms with Crippen LogP contribution in [0.25, 0.3) is 0 Å². The van der Waals surface area contributed by atoms with Crippen LogP contribution < -0.4 is 0 Å². The summed E-state index contributed by atoms with van der Waals surface area (Å²) in [5.74, 6) is -1.67. The molecule has 1 unspecified atom stereocenters. The van der Waals surface area contributed by atoms with Gasteiger partial charge in [0.15, 0.2) is 0 Å². The number of allylic oxidation sites excluding steroid dienone is 1. The highest BCUT2D eigenvalue weighted by Gasteiger charge is 2.12. The normalized spacial score (nSPS) is 16.6. The van der Waals surface area contributed by atoms with Crippen LogP contribution in [0.15, 0.2) is 11.4 Å². The molecule has 0 aromatic rings. The van der Waals surface area contributed by atoms with Crippen molar-refractivity contribution in [2.75, 3.05) is 5.33 Å². The Balaban J connectivity index is 4.34. The van der Waals surface area contributed by atoms with Crippen LogP contribution in [0.2, 0.25) is 0 Å². The maximum absolute atomic E-state index is 10.9. The Kier molecular flexibility index (Phi) is 6.01. The highest BCUT2D eigenvalue weighted by atomic mass is 79.9. The van der Waals surface area contributed by atoms with Crippen molar-refractivity contribution in [3.63, 3.8) is 0 Å².